The molecular weight excluding hydrogens is 675 g/mol. The van der Waals surface area contributed by atoms with E-state index in [0.717, 1.165) is 42.4 Å². The number of unbranched alkanes of at least 4 members (excludes halogenated alkanes) is 1. The Balaban J connectivity index is 1.25. The fourth-order valence-electron chi connectivity index (χ4n) is 7.41. The zero-order valence-corrected chi connectivity index (χ0v) is 30.0. The van der Waals surface area contributed by atoms with Gasteiger partial charge in [0.25, 0.3) is 5.91 Å². The molecule has 1 saturated heterocycles. The first-order valence-electron chi connectivity index (χ1n) is 18.3. The maximum absolute atomic E-state index is 14.3. The Hall–Kier alpha value is -4.20. The highest BCUT2D eigenvalue weighted by molar-refractivity contribution is 7.91. The van der Waals surface area contributed by atoms with Crippen molar-refractivity contribution in [1.29, 1.82) is 0 Å². The Morgan fingerprint density at radius 3 is 2.67 bits per heavy atom. The van der Waals surface area contributed by atoms with Crippen molar-refractivity contribution in [2.75, 3.05) is 6.54 Å². The van der Waals surface area contributed by atoms with Crippen molar-refractivity contribution in [1.82, 2.24) is 25.2 Å². The number of hydrogen-bond acceptors (Lipinski definition) is 8. The van der Waals surface area contributed by atoms with Crippen molar-refractivity contribution in [2.45, 2.75) is 126 Å². The van der Waals surface area contributed by atoms with E-state index >= 15 is 0 Å². The van der Waals surface area contributed by atoms with E-state index in [9.17, 15) is 32.4 Å². The second kappa shape index (κ2) is 15.2. The molecule has 0 aromatic heterocycles. The molecular formula is C37H49N5O8S. The van der Waals surface area contributed by atoms with Crippen molar-refractivity contribution < 1.29 is 37.1 Å². The number of allylic oxidation sites excluding steroid dienone is 1. The Morgan fingerprint density at radius 1 is 1.14 bits per heavy atom. The van der Waals surface area contributed by atoms with Crippen LogP contribution in [0.4, 0.5) is 4.79 Å². The topological polar surface area (TPSA) is 171 Å². The van der Waals surface area contributed by atoms with E-state index in [1.807, 2.05) is 25.1 Å². The fraction of sp³-hybridized carbons (Fsp3) is 0.595. The number of sulfonamides is 1. The molecule has 2 saturated carbocycles. The van der Waals surface area contributed by atoms with Crippen molar-refractivity contribution in [3.8, 4) is 0 Å². The van der Waals surface area contributed by atoms with Gasteiger partial charge in [0.05, 0.1) is 18.3 Å². The first-order valence-corrected chi connectivity index (χ1v) is 19.8. The minimum absolute atomic E-state index is 0.0383. The minimum atomic E-state index is -3.89. The number of benzene rings is 1. The SMILES string of the molecule is C=C[C@@H]1C[C@]1(NC(=O)[C@@H]1C[C@@H]2CN1C(=O)[C@H](CCCC)NC(=O)CCCCC/C=C/c1cccc3c1CN(C3)C(=O)O2)C(=O)NS(=O)(=O)C1CC1. The second-order valence-corrected chi connectivity index (χ2v) is 16.5. The molecule has 1 aromatic rings. The quantitative estimate of drug-likeness (QED) is 0.326. The van der Waals surface area contributed by atoms with Crippen LogP contribution in [-0.4, -0.2) is 83.5 Å². The molecule has 1 aromatic carbocycles. The summed E-state index contributed by atoms with van der Waals surface area (Å²) in [6.07, 6.45) is 10.6. The van der Waals surface area contributed by atoms with Crippen LogP contribution in [0.15, 0.2) is 36.9 Å². The summed E-state index contributed by atoms with van der Waals surface area (Å²) in [5, 5.41) is 5.04. The number of rotatable bonds is 9. The number of fused-ring (bicyclic) bond motifs is 3. The molecule has 14 heteroatoms. The molecule has 51 heavy (non-hydrogen) atoms. The first-order chi connectivity index (χ1) is 24.5. The van der Waals surface area contributed by atoms with E-state index in [4.69, 9.17) is 4.74 Å². The van der Waals surface area contributed by atoms with Gasteiger partial charge in [-0.2, -0.15) is 0 Å². The monoisotopic (exact) mass is 723 g/mol. The molecule has 3 heterocycles. The zero-order chi connectivity index (χ0) is 36.3. The molecule has 3 fully saturated rings. The molecule has 0 unspecified atom stereocenters. The maximum Gasteiger partial charge on any atom is 0.410 e. The lowest BCUT2D eigenvalue weighted by atomic mass is 10.0. The molecule has 0 spiro atoms. The maximum atomic E-state index is 14.3. The van der Waals surface area contributed by atoms with Crippen molar-refractivity contribution in [2.24, 2.45) is 5.92 Å². The van der Waals surface area contributed by atoms with Gasteiger partial charge in [-0.05, 0) is 61.6 Å². The van der Waals surface area contributed by atoms with Crippen LogP contribution in [0.5, 0.6) is 0 Å². The zero-order valence-electron chi connectivity index (χ0n) is 29.2. The smallest absolute Gasteiger partial charge is 0.410 e. The van der Waals surface area contributed by atoms with E-state index in [1.165, 1.54) is 11.0 Å². The third kappa shape index (κ3) is 8.15. The van der Waals surface area contributed by atoms with Gasteiger partial charge in [-0.1, -0.05) is 62.6 Å². The van der Waals surface area contributed by atoms with Crippen LogP contribution >= 0.6 is 0 Å². The molecule has 0 radical (unpaired) electrons. The van der Waals surface area contributed by atoms with Crippen LogP contribution in [0.1, 0.15) is 101 Å². The summed E-state index contributed by atoms with van der Waals surface area (Å²) < 4.78 is 33.4. The molecule has 5 amide bonds. The van der Waals surface area contributed by atoms with Crippen LogP contribution in [0.3, 0.4) is 0 Å². The minimum Gasteiger partial charge on any atom is -0.444 e. The van der Waals surface area contributed by atoms with Crippen molar-refractivity contribution >= 4 is 45.8 Å². The van der Waals surface area contributed by atoms with Crippen LogP contribution < -0.4 is 15.4 Å². The molecule has 276 valence electrons. The second-order valence-electron chi connectivity index (χ2n) is 14.5. The van der Waals surface area contributed by atoms with Gasteiger partial charge in [0, 0.05) is 25.3 Å². The lowest BCUT2D eigenvalue weighted by Crippen LogP contribution is -2.58. The molecule has 3 aliphatic heterocycles. The standard InChI is InChI=1S/C37H49N5O8S/c1-3-5-15-30-34(45)42-22-27(19-31(42)33(44)39-37(20-26(37)4-2)35(46)40-51(48,49)28-17-18-28)50-36(47)41-21-25-14-11-13-24(29(25)23-41)12-9-7-6-8-10-16-32(43)38-30/h4,9,11-14,26-28,30-31H,2-3,5-8,10,15-23H2,1H3,(H,38,43)(H,39,44)(H,40,46)/b12-9+/t26-,27-,30+,31+,37-/m1/s1. The van der Waals surface area contributed by atoms with E-state index in [2.05, 4.69) is 34.1 Å². The molecule has 2 aliphatic carbocycles. The van der Waals surface area contributed by atoms with E-state index < -0.39 is 68.7 Å². The Kier molecular flexibility index (Phi) is 10.9. The number of hydrogen-bond donors (Lipinski definition) is 3. The summed E-state index contributed by atoms with van der Waals surface area (Å²) in [4.78, 5) is 71.4. The van der Waals surface area contributed by atoms with Crippen LogP contribution in [-0.2, 0) is 47.0 Å². The highest BCUT2D eigenvalue weighted by atomic mass is 32.2. The largest absolute Gasteiger partial charge is 0.444 e. The van der Waals surface area contributed by atoms with Crippen LogP contribution in [0, 0.1) is 5.92 Å². The van der Waals surface area contributed by atoms with Gasteiger partial charge in [-0.3, -0.25) is 28.8 Å². The summed E-state index contributed by atoms with van der Waals surface area (Å²) in [5.74, 6) is -2.75. The number of carbonyl (C=O) groups is 5. The van der Waals surface area contributed by atoms with Crippen LogP contribution in [0.2, 0.25) is 0 Å². The molecule has 4 bridgehead atoms. The predicted octanol–water partition coefficient (Wildman–Crippen LogP) is 3.43. The average molecular weight is 724 g/mol. The van der Waals surface area contributed by atoms with Gasteiger partial charge in [0.2, 0.25) is 27.7 Å². The highest BCUT2D eigenvalue weighted by Crippen LogP contribution is 2.45. The number of nitrogens with zero attached hydrogens (tertiary/aromatic N) is 2. The van der Waals surface area contributed by atoms with E-state index in [1.54, 1.807) is 4.90 Å². The Bertz CT molecular complexity index is 1710. The summed E-state index contributed by atoms with van der Waals surface area (Å²) in [7, 11) is -3.89. The predicted molar refractivity (Wildman–Crippen MR) is 189 cm³/mol. The highest BCUT2D eigenvalue weighted by Gasteiger charge is 2.62. The molecule has 13 nitrogen and oxygen atoms in total. The summed E-state index contributed by atoms with van der Waals surface area (Å²) in [6, 6.07) is 3.93. The fourth-order valence-corrected chi connectivity index (χ4v) is 8.78. The molecule has 3 N–H and O–H groups in total. The normalized spacial score (nSPS) is 29.1. The van der Waals surface area contributed by atoms with Crippen molar-refractivity contribution in [3.05, 3.63) is 53.6 Å². The Labute approximate surface area is 299 Å². The van der Waals surface area contributed by atoms with Gasteiger partial charge < -0.3 is 20.3 Å². The van der Waals surface area contributed by atoms with Gasteiger partial charge in [0.15, 0.2) is 0 Å². The van der Waals surface area contributed by atoms with Gasteiger partial charge in [-0.25, -0.2) is 13.2 Å². The number of ether oxygens (including phenoxy) is 1. The van der Waals surface area contributed by atoms with E-state index in [-0.39, 0.29) is 31.7 Å². The lowest BCUT2D eigenvalue weighted by Gasteiger charge is -2.30. The first kappa shape index (κ1) is 36.6. The number of amides is 5. The summed E-state index contributed by atoms with van der Waals surface area (Å²) >= 11 is 0. The third-order valence-electron chi connectivity index (χ3n) is 10.7. The van der Waals surface area contributed by atoms with E-state index in [0.29, 0.717) is 45.2 Å². The van der Waals surface area contributed by atoms with Crippen LogP contribution in [0.25, 0.3) is 6.08 Å². The third-order valence-corrected chi connectivity index (χ3v) is 12.5. The summed E-state index contributed by atoms with van der Waals surface area (Å²) in [5.41, 5.74) is 1.56. The number of carbonyl (C=O) groups excluding carboxylic acids is 5. The summed E-state index contributed by atoms with van der Waals surface area (Å²) in [6.45, 7) is 6.38. The molecule has 5 aliphatic rings. The Morgan fingerprint density at radius 2 is 1.94 bits per heavy atom. The van der Waals surface area contributed by atoms with Gasteiger partial charge >= 0.3 is 6.09 Å². The lowest BCUT2D eigenvalue weighted by molar-refractivity contribution is -0.142. The number of nitrogens with one attached hydrogen (secondary N) is 3. The van der Waals surface area contributed by atoms with Gasteiger partial charge in [0.1, 0.15) is 23.7 Å². The van der Waals surface area contributed by atoms with Gasteiger partial charge in [-0.15, -0.1) is 6.58 Å². The average Bonchev–Trinajstić information content (AvgIpc) is 3.99. The van der Waals surface area contributed by atoms with Crippen molar-refractivity contribution in [3.63, 3.8) is 0 Å². The molecule has 6 rings (SSSR count). The molecule has 5 atom stereocenters.